The van der Waals surface area contributed by atoms with Crippen LogP contribution in [0.1, 0.15) is 11.1 Å². The molecule has 0 unspecified atom stereocenters. The Morgan fingerprint density at radius 2 is 2.05 bits per heavy atom. The molecule has 2 rings (SSSR count). The number of nitrogen functional groups attached to an aromatic ring is 1. The Bertz CT molecular complexity index is 586. The molecule has 2 aromatic rings. The average Bonchev–Trinajstić information content (AvgIpc) is 2.43. The van der Waals surface area contributed by atoms with Crippen LogP contribution in [0.15, 0.2) is 52.2 Å². The highest BCUT2D eigenvalue weighted by Crippen LogP contribution is 2.16. The van der Waals surface area contributed by atoms with Crippen LogP contribution in [0.3, 0.4) is 0 Å². The highest BCUT2D eigenvalue weighted by molar-refractivity contribution is 9.10. The molecule has 0 spiro atoms. The first-order chi connectivity index (χ1) is 9.16. The molecular formula is C13H13BrN4O. The van der Waals surface area contributed by atoms with Gasteiger partial charge in [0.05, 0.1) is 0 Å². The maximum absolute atomic E-state index is 5.80. The van der Waals surface area contributed by atoms with Crippen LogP contribution in [-0.4, -0.2) is 10.8 Å². The fraction of sp³-hybridized carbons (Fsp3) is 0.0769. The van der Waals surface area contributed by atoms with Crippen molar-refractivity contribution in [1.82, 2.24) is 4.98 Å². The van der Waals surface area contributed by atoms with Crippen molar-refractivity contribution in [3.05, 3.63) is 58.2 Å². The Hall–Kier alpha value is -2.08. The highest BCUT2D eigenvalue weighted by atomic mass is 79.9. The van der Waals surface area contributed by atoms with Crippen LogP contribution in [0.5, 0.6) is 0 Å². The minimum absolute atomic E-state index is 0.214. The second-order valence-corrected chi connectivity index (χ2v) is 4.73. The Balaban J connectivity index is 2.01. The summed E-state index contributed by atoms with van der Waals surface area (Å²) in [5.41, 5.74) is 13.1. The van der Waals surface area contributed by atoms with E-state index >= 15 is 0 Å². The monoisotopic (exact) mass is 320 g/mol. The molecule has 0 amide bonds. The van der Waals surface area contributed by atoms with Gasteiger partial charge in [0, 0.05) is 21.8 Å². The first-order valence-corrected chi connectivity index (χ1v) is 6.37. The summed E-state index contributed by atoms with van der Waals surface area (Å²) in [5.74, 6) is 0.735. The molecular weight excluding hydrogens is 308 g/mol. The zero-order chi connectivity index (χ0) is 13.7. The number of aromatic nitrogens is 1. The lowest BCUT2D eigenvalue weighted by Gasteiger charge is -2.05. The van der Waals surface area contributed by atoms with E-state index in [9.17, 15) is 0 Å². The molecule has 0 saturated heterocycles. The lowest BCUT2D eigenvalue weighted by Crippen LogP contribution is -2.13. The van der Waals surface area contributed by atoms with Gasteiger partial charge in [0.2, 0.25) is 0 Å². The van der Waals surface area contributed by atoms with Crippen molar-refractivity contribution in [1.29, 1.82) is 0 Å². The van der Waals surface area contributed by atoms with Crippen LogP contribution in [-0.2, 0) is 11.4 Å². The molecule has 1 heterocycles. The minimum atomic E-state index is 0.214. The van der Waals surface area contributed by atoms with Gasteiger partial charge in [0.15, 0.2) is 5.84 Å². The van der Waals surface area contributed by atoms with E-state index in [0.29, 0.717) is 11.7 Å². The summed E-state index contributed by atoms with van der Waals surface area (Å²) < 4.78 is 0.834. The number of hydrogen-bond donors (Lipinski definition) is 2. The summed E-state index contributed by atoms with van der Waals surface area (Å²) in [7, 11) is 0. The molecule has 0 aliphatic carbocycles. The fourth-order valence-electron chi connectivity index (χ4n) is 1.44. The molecule has 6 heteroatoms. The Morgan fingerprint density at radius 3 is 2.79 bits per heavy atom. The van der Waals surface area contributed by atoms with Crippen LogP contribution >= 0.6 is 15.9 Å². The minimum Gasteiger partial charge on any atom is -0.389 e. The van der Waals surface area contributed by atoms with Crippen LogP contribution < -0.4 is 11.5 Å². The van der Waals surface area contributed by atoms with Gasteiger partial charge in [-0.1, -0.05) is 35.5 Å². The van der Waals surface area contributed by atoms with Crippen LogP contribution in [0.25, 0.3) is 0 Å². The smallest absolute Gasteiger partial charge is 0.170 e. The van der Waals surface area contributed by atoms with Gasteiger partial charge in [0.25, 0.3) is 0 Å². The summed E-state index contributed by atoms with van der Waals surface area (Å²) in [6.07, 6.45) is 1.63. The number of rotatable bonds is 4. The topological polar surface area (TPSA) is 86.5 Å². The van der Waals surface area contributed by atoms with Gasteiger partial charge < -0.3 is 16.3 Å². The van der Waals surface area contributed by atoms with Crippen LogP contribution in [0, 0.1) is 0 Å². The summed E-state index contributed by atoms with van der Waals surface area (Å²) in [5, 5.41) is 3.86. The predicted molar refractivity (Wildman–Crippen MR) is 78.3 cm³/mol. The summed E-state index contributed by atoms with van der Waals surface area (Å²) in [4.78, 5) is 9.20. The van der Waals surface area contributed by atoms with Crippen LogP contribution in [0.2, 0.25) is 0 Å². The van der Waals surface area contributed by atoms with Gasteiger partial charge in [-0.2, -0.15) is 0 Å². The molecule has 0 bridgehead atoms. The third-order valence-corrected chi connectivity index (χ3v) is 2.85. The second kappa shape index (κ2) is 6.19. The van der Waals surface area contributed by atoms with Crippen molar-refractivity contribution in [2.75, 3.05) is 5.73 Å². The van der Waals surface area contributed by atoms with Crippen LogP contribution in [0.4, 0.5) is 5.82 Å². The standard InChI is InChI=1S/C13H13BrN4O/c14-11-6-10(12(15)17-7-11)8-19-18-13(16)9-4-2-1-3-5-9/h1-7H,8H2,(H2,15,17)(H2,16,18). The van der Waals surface area contributed by atoms with Gasteiger partial charge >= 0.3 is 0 Å². The van der Waals surface area contributed by atoms with Crippen molar-refractivity contribution in [2.45, 2.75) is 6.61 Å². The zero-order valence-corrected chi connectivity index (χ0v) is 11.7. The first-order valence-electron chi connectivity index (χ1n) is 5.57. The van der Waals surface area contributed by atoms with Gasteiger partial charge in [-0.25, -0.2) is 4.98 Å². The number of nitrogens with zero attached hydrogens (tertiary/aromatic N) is 2. The van der Waals surface area contributed by atoms with E-state index in [4.69, 9.17) is 16.3 Å². The van der Waals surface area contributed by atoms with Crippen molar-refractivity contribution in [2.24, 2.45) is 10.9 Å². The van der Waals surface area contributed by atoms with E-state index in [0.717, 1.165) is 15.6 Å². The molecule has 1 aromatic heterocycles. The third-order valence-electron chi connectivity index (χ3n) is 2.42. The lowest BCUT2D eigenvalue weighted by atomic mass is 10.2. The molecule has 0 saturated carbocycles. The summed E-state index contributed by atoms with van der Waals surface area (Å²) in [6, 6.07) is 11.2. The number of pyridine rings is 1. The van der Waals surface area contributed by atoms with E-state index in [1.165, 1.54) is 0 Å². The van der Waals surface area contributed by atoms with Gasteiger partial charge in [0.1, 0.15) is 12.4 Å². The molecule has 0 radical (unpaired) electrons. The quantitative estimate of drug-likeness (QED) is 0.514. The molecule has 0 atom stereocenters. The molecule has 4 N–H and O–H groups in total. The van der Waals surface area contributed by atoms with Gasteiger partial charge in [-0.3, -0.25) is 0 Å². The summed E-state index contributed by atoms with van der Waals surface area (Å²) >= 11 is 3.32. The first kappa shape index (κ1) is 13.4. The maximum Gasteiger partial charge on any atom is 0.170 e. The SMILES string of the molecule is NC(=NOCc1cc(Br)cnc1N)c1ccccc1. The van der Waals surface area contributed by atoms with Crippen molar-refractivity contribution < 1.29 is 4.84 Å². The molecule has 0 aliphatic rings. The second-order valence-electron chi connectivity index (χ2n) is 3.81. The Morgan fingerprint density at radius 1 is 1.32 bits per heavy atom. The summed E-state index contributed by atoms with van der Waals surface area (Å²) in [6.45, 7) is 0.214. The number of nitrogens with two attached hydrogens (primary N) is 2. The van der Waals surface area contributed by atoms with E-state index in [2.05, 4.69) is 26.1 Å². The highest BCUT2D eigenvalue weighted by Gasteiger charge is 2.03. The molecule has 0 fully saturated rings. The average molecular weight is 321 g/mol. The van der Waals surface area contributed by atoms with Crippen molar-refractivity contribution in [3.63, 3.8) is 0 Å². The Labute approximate surface area is 119 Å². The number of amidine groups is 1. The number of hydrogen-bond acceptors (Lipinski definition) is 4. The number of benzene rings is 1. The molecule has 1 aromatic carbocycles. The van der Waals surface area contributed by atoms with Crippen molar-refractivity contribution >= 4 is 27.6 Å². The van der Waals surface area contributed by atoms with Gasteiger partial charge in [-0.05, 0) is 22.0 Å². The van der Waals surface area contributed by atoms with Gasteiger partial charge in [-0.15, -0.1) is 0 Å². The van der Waals surface area contributed by atoms with E-state index in [1.54, 1.807) is 6.20 Å². The van der Waals surface area contributed by atoms with E-state index in [-0.39, 0.29) is 6.61 Å². The van der Waals surface area contributed by atoms with Crippen molar-refractivity contribution in [3.8, 4) is 0 Å². The maximum atomic E-state index is 5.80. The molecule has 0 aliphatic heterocycles. The molecule has 5 nitrogen and oxygen atoms in total. The normalized spacial score (nSPS) is 11.3. The van der Waals surface area contributed by atoms with E-state index in [1.807, 2.05) is 36.4 Å². The van der Waals surface area contributed by atoms with E-state index < -0.39 is 0 Å². The largest absolute Gasteiger partial charge is 0.389 e. The number of oxime groups is 1. The third kappa shape index (κ3) is 3.69. The lowest BCUT2D eigenvalue weighted by molar-refractivity contribution is 0.130. The number of anilines is 1. The fourth-order valence-corrected chi connectivity index (χ4v) is 1.82. The molecule has 19 heavy (non-hydrogen) atoms. The predicted octanol–water partition coefficient (Wildman–Crippen LogP) is 2.26. The Kier molecular flexibility index (Phi) is 4.35. The number of halogens is 1. The zero-order valence-electron chi connectivity index (χ0n) is 10.1. The molecule has 98 valence electrons.